The summed E-state index contributed by atoms with van der Waals surface area (Å²) in [5.74, 6) is 0.877. The molecule has 262 valence electrons. The van der Waals surface area contributed by atoms with Crippen molar-refractivity contribution in [2.45, 2.75) is 31.9 Å². The molecule has 21 nitrogen and oxygen atoms in total. The van der Waals surface area contributed by atoms with Crippen LogP contribution >= 0.6 is 0 Å². The van der Waals surface area contributed by atoms with Gasteiger partial charge in [-0.25, -0.2) is 15.0 Å². The highest BCUT2D eigenvalue weighted by molar-refractivity contribution is 5.93. The third kappa shape index (κ3) is 10.6. The van der Waals surface area contributed by atoms with E-state index in [9.17, 15) is 10.2 Å². The largest absolute Gasteiger partial charge is 0.474 e. The third-order valence-electron chi connectivity index (χ3n) is 6.48. The summed E-state index contributed by atoms with van der Waals surface area (Å²) in [6, 6.07) is 0. The first-order chi connectivity index (χ1) is 23.0. The number of aromatic nitrogens is 6. The first-order valence-corrected chi connectivity index (χ1v) is 14.7. The zero-order valence-corrected chi connectivity index (χ0v) is 25.7. The number of hydrogen-bond acceptors (Lipinski definition) is 19. The van der Waals surface area contributed by atoms with Crippen molar-refractivity contribution in [3.63, 3.8) is 0 Å². The molecule has 0 aromatic carbocycles. The Morgan fingerprint density at radius 1 is 0.745 bits per heavy atom. The zero-order chi connectivity index (χ0) is 33.4. The zero-order valence-electron chi connectivity index (χ0n) is 25.7. The summed E-state index contributed by atoms with van der Waals surface area (Å²) in [4.78, 5) is 21.1. The van der Waals surface area contributed by atoms with Crippen LogP contribution in [0.5, 0.6) is 5.88 Å². The maximum absolute atomic E-state index is 9.18. The number of guanidine groups is 1. The average Bonchev–Trinajstić information content (AvgIpc) is 3.68. The summed E-state index contributed by atoms with van der Waals surface area (Å²) in [6.45, 7) is 1.13. The van der Waals surface area contributed by atoms with Crippen molar-refractivity contribution in [1.29, 1.82) is 0 Å². The quantitative estimate of drug-likeness (QED) is 0.0472. The predicted molar refractivity (Wildman–Crippen MR) is 162 cm³/mol. The van der Waals surface area contributed by atoms with Gasteiger partial charge >= 0.3 is 0 Å². The van der Waals surface area contributed by atoms with Crippen LogP contribution in [-0.4, -0.2) is 147 Å². The number of ether oxygens (including phenoxy) is 7. The van der Waals surface area contributed by atoms with Crippen LogP contribution in [0.3, 0.4) is 0 Å². The number of aliphatic hydroxyl groups excluding tert-OH is 4. The van der Waals surface area contributed by atoms with Gasteiger partial charge in [0.2, 0.25) is 11.8 Å². The Morgan fingerprint density at radius 2 is 1.32 bits per heavy atom. The van der Waals surface area contributed by atoms with Gasteiger partial charge < -0.3 is 70.4 Å². The van der Waals surface area contributed by atoms with Crippen molar-refractivity contribution in [3.8, 4) is 5.88 Å². The van der Waals surface area contributed by atoms with Gasteiger partial charge in [-0.2, -0.15) is 9.97 Å². The van der Waals surface area contributed by atoms with E-state index in [1.165, 1.54) is 12.7 Å². The number of anilines is 2. The number of hydrogen-bond donors (Lipinski definition) is 7. The smallest absolute Gasteiger partial charge is 0.247 e. The molecule has 0 saturated heterocycles. The molecule has 0 radical (unpaired) electrons. The van der Waals surface area contributed by atoms with Crippen LogP contribution in [0.1, 0.15) is 11.9 Å². The van der Waals surface area contributed by atoms with Crippen molar-refractivity contribution in [3.05, 3.63) is 18.3 Å². The second-order valence-electron chi connectivity index (χ2n) is 9.84. The topological polar surface area (TPSA) is 283 Å². The van der Waals surface area contributed by atoms with Gasteiger partial charge in [0.1, 0.15) is 43.8 Å². The monoisotopic (exact) mass is 670 g/mol. The summed E-state index contributed by atoms with van der Waals surface area (Å²) in [6.07, 6.45) is 0.829. The van der Waals surface area contributed by atoms with E-state index in [0.29, 0.717) is 55.7 Å². The van der Waals surface area contributed by atoms with E-state index in [-0.39, 0.29) is 77.5 Å². The Balaban J connectivity index is 1.05. The Hall–Kier alpha value is -3.77. The minimum Gasteiger partial charge on any atom is -0.474 e. The van der Waals surface area contributed by atoms with E-state index in [0.717, 1.165) is 0 Å². The fourth-order valence-corrected chi connectivity index (χ4v) is 4.05. The number of aliphatic imine (C=N–C) groups is 1. The predicted octanol–water partition coefficient (Wildman–Crippen LogP) is -2.86. The van der Waals surface area contributed by atoms with Gasteiger partial charge in [-0.15, -0.1) is 0 Å². The van der Waals surface area contributed by atoms with Gasteiger partial charge in [-0.1, -0.05) is 0 Å². The Kier molecular flexibility index (Phi) is 14.7. The van der Waals surface area contributed by atoms with Gasteiger partial charge in [-0.3, -0.25) is 9.13 Å². The number of nitrogen functional groups attached to an aromatic ring is 1. The fraction of sp³-hybridized carbons (Fsp3) is 0.654. The maximum Gasteiger partial charge on any atom is 0.247 e. The van der Waals surface area contributed by atoms with E-state index < -0.39 is 18.4 Å². The Labute approximate surface area is 269 Å². The van der Waals surface area contributed by atoms with Crippen LogP contribution in [0.25, 0.3) is 11.2 Å². The molecule has 21 heteroatoms. The molecule has 1 aliphatic rings. The van der Waals surface area contributed by atoms with Crippen molar-refractivity contribution in [1.82, 2.24) is 29.1 Å². The highest BCUT2D eigenvalue weighted by Crippen LogP contribution is 2.29. The lowest BCUT2D eigenvalue weighted by Gasteiger charge is -2.22. The number of aliphatic hydroxyl groups is 4. The molecule has 47 heavy (non-hydrogen) atoms. The van der Waals surface area contributed by atoms with Crippen LogP contribution in [0, 0.1) is 0 Å². The lowest BCUT2D eigenvalue weighted by Crippen LogP contribution is -2.31. The summed E-state index contributed by atoms with van der Waals surface area (Å²) >= 11 is 0. The first kappa shape index (κ1) is 36.1. The lowest BCUT2D eigenvalue weighted by atomic mass is 10.3. The SMILES string of the molecule is NC1=NC(OCCOCCOCCOCCOc2nc(N)nc3c2ncn3COC(CO)CO)c2ncn(COC(CO)CO)c2N1. The fourth-order valence-electron chi connectivity index (χ4n) is 4.05. The normalized spacial score (nSPS) is 14.6. The molecule has 4 heterocycles. The molecular formula is C26H42N10O11. The molecule has 0 spiro atoms. The van der Waals surface area contributed by atoms with E-state index in [1.807, 2.05) is 0 Å². The Morgan fingerprint density at radius 3 is 1.96 bits per heavy atom. The second-order valence-corrected chi connectivity index (χ2v) is 9.84. The van der Waals surface area contributed by atoms with Crippen molar-refractivity contribution < 1.29 is 53.6 Å². The Bertz CT molecular complexity index is 1380. The van der Waals surface area contributed by atoms with E-state index in [4.69, 9.17) is 54.8 Å². The van der Waals surface area contributed by atoms with Gasteiger partial charge in [0.05, 0.1) is 85.3 Å². The molecule has 0 bridgehead atoms. The lowest BCUT2D eigenvalue weighted by molar-refractivity contribution is -0.0494. The number of fused-ring (bicyclic) bond motifs is 2. The molecule has 0 amide bonds. The van der Waals surface area contributed by atoms with Crippen molar-refractivity contribution in [2.75, 3.05) is 90.3 Å². The van der Waals surface area contributed by atoms with Crippen LogP contribution in [0.4, 0.5) is 11.8 Å². The van der Waals surface area contributed by atoms with E-state index >= 15 is 0 Å². The molecule has 0 saturated carbocycles. The minimum atomic E-state index is -0.729. The summed E-state index contributed by atoms with van der Waals surface area (Å²) in [7, 11) is 0. The summed E-state index contributed by atoms with van der Waals surface area (Å²) in [5.41, 5.74) is 13.0. The molecular weight excluding hydrogens is 628 g/mol. The summed E-state index contributed by atoms with van der Waals surface area (Å²) in [5, 5.41) is 39.6. The van der Waals surface area contributed by atoms with Gasteiger partial charge in [0, 0.05) is 0 Å². The van der Waals surface area contributed by atoms with E-state index in [1.54, 1.807) is 9.13 Å². The van der Waals surface area contributed by atoms with Gasteiger partial charge in [0.15, 0.2) is 23.4 Å². The number of nitrogens with one attached hydrogen (secondary N) is 1. The number of nitrogens with zero attached hydrogens (tertiary/aromatic N) is 7. The highest BCUT2D eigenvalue weighted by atomic mass is 16.6. The van der Waals surface area contributed by atoms with Crippen molar-refractivity contribution >= 4 is 28.9 Å². The maximum atomic E-state index is 9.18. The molecule has 1 aliphatic heterocycles. The molecule has 3 aromatic heterocycles. The van der Waals surface area contributed by atoms with Gasteiger partial charge in [0.25, 0.3) is 0 Å². The van der Waals surface area contributed by atoms with Crippen LogP contribution in [0.15, 0.2) is 17.6 Å². The van der Waals surface area contributed by atoms with Crippen molar-refractivity contribution in [2.24, 2.45) is 10.7 Å². The third-order valence-corrected chi connectivity index (χ3v) is 6.48. The van der Waals surface area contributed by atoms with Crippen LogP contribution < -0.4 is 21.5 Å². The number of nitrogens with two attached hydrogens (primary N) is 2. The number of imidazole rings is 2. The molecule has 0 aliphatic carbocycles. The highest BCUT2D eigenvalue weighted by Gasteiger charge is 2.26. The first-order valence-electron chi connectivity index (χ1n) is 14.7. The van der Waals surface area contributed by atoms with Crippen LogP contribution in [0.2, 0.25) is 0 Å². The number of rotatable bonds is 24. The molecule has 0 fully saturated rings. The molecule has 4 rings (SSSR count). The second kappa shape index (κ2) is 19.1. The molecule has 1 unspecified atom stereocenters. The average molecular weight is 671 g/mol. The standard InChI is InChI=1S/C26H42N10O11/c27-25-31-21-19(29-13-35(21)15-46-17(9-37)10-38)23(33-25)44-7-5-42-3-1-41-2-4-43-6-8-45-24-20-22(32-26(28)34-24)36(14-30-20)16-47-18(11-39)12-40/h13-14,17-18,23,37-40H,1-12,15-16H2,(H3,27,31,33)(H2,28,32,34). The molecule has 1 atom stereocenters. The minimum absolute atomic E-state index is 0.00483. The molecule has 3 aromatic rings. The van der Waals surface area contributed by atoms with E-state index in [2.05, 4.69) is 30.2 Å². The van der Waals surface area contributed by atoms with Crippen LogP contribution in [-0.2, 0) is 41.9 Å². The van der Waals surface area contributed by atoms with Gasteiger partial charge in [-0.05, 0) is 0 Å². The molecule has 9 N–H and O–H groups in total. The summed E-state index contributed by atoms with van der Waals surface area (Å²) < 4.78 is 42.1.